The fourth-order valence-electron chi connectivity index (χ4n) is 1.05. The molecular formula is C10H19NO3. The molecule has 14 heavy (non-hydrogen) atoms. The topological polar surface area (TPSA) is 46.6 Å². The molecule has 4 heteroatoms. The van der Waals surface area contributed by atoms with Crippen LogP contribution in [0.15, 0.2) is 0 Å². The highest BCUT2D eigenvalue weighted by atomic mass is 16.5. The number of carbonyl (C=O) groups is 2. The Hall–Kier alpha value is -1.06. The summed E-state index contributed by atoms with van der Waals surface area (Å²) in [6.45, 7) is 6.26. The van der Waals surface area contributed by atoms with Gasteiger partial charge >= 0.3 is 5.97 Å². The average Bonchev–Trinajstić information content (AvgIpc) is 2.23. The first-order valence-corrected chi connectivity index (χ1v) is 4.92. The summed E-state index contributed by atoms with van der Waals surface area (Å²) >= 11 is 0. The van der Waals surface area contributed by atoms with E-state index in [-0.39, 0.29) is 24.3 Å². The smallest absolute Gasteiger partial charge is 0.325 e. The predicted octanol–water partition coefficient (Wildman–Crippen LogP) is 1.05. The summed E-state index contributed by atoms with van der Waals surface area (Å²) < 4.78 is 4.51. The van der Waals surface area contributed by atoms with Gasteiger partial charge < -0.3 is 9.64 Å². The van der Waals surface area contributed by atoms with Crippen molar-refractivity contribution < 1.29 is 14.3 Å². The largest absolute Gasteiger partial charge is 0.468 e. The van der Waals surface area contributed by atoms with Gasteiger partial charge in [0.05, 0.1) is 7.11 Å². The molecule has 4 nitrogen and oxygen atoms in total. The highest BCUT2D eigenvalue weighted by Crippen LogP contribution is 2.06. The first-order chi connectivity index (χ1) is 6.56. The molecule has 0 aromatic rings. The zero-order chi connectivity index (χ0) is 11.1. The molecule has 0 aliphatic carbocycles. The molecule has 0 radical (unpaired) electrons. The molecule has 0 aliphatic heterocycles. The lowest BCUT2D eigenvalue weighted by atomic mass is 10.1. The Bertz CT molecular complexity index is 204. The highest BCUT2D eigenvalue weighted by Gasteiger charge is 2.19. The van der Waals surface area contributed by atoms with Crippen molar-refractivity contribution in [1.29, 1.82) is 0 Å². The van der Waals surface area contributed by atoms with Crippen LogP contribution in [0.3, 0.4) is 0 Å². The standard InChI is InChI=1S/C10H19NO3/c1-5-8(3)10(13)11(6-2)7-9(12)14-4/h8H,5-7H2,1-4H3. The Morgan fingerprint density at radius 1 is 1.36 bits per heavy atom. The van der Waals surface area contributed by atoms with Gasteiger partial charge in [0.25, 0.3) is 0 Å². The molecule has 0 heterocycles. The number of hydrogen-bond acceptors (Lipinski definition) is 3. The van der Waals surface area contributed by atoms with E-state index in [4.69, 9.17) is 0 Å². The molecule has 1 atom stereocenters. The number of ether oxygens (including phenoxy) is 1. The Morgan fingerprint density at radius 3 is 2.29 bits per heavy atom. The fourth-order valence-corrected chi connectivity index (χ4v) is 1.05. The molecule has 0 bridgehead atoms. The number of likely N-dealkylation sites (N-methyl/N-ethyl adjacent to an activating group) is 1. The second-order valence-corrected chi connectivity index (χ2v) is 3.24. The van der Waals surface area contributed by atoms with E-state index >= 15 is 0 Å². The quantitative estimate of drug-likeness (QED) is 0.625. The molecule has 0 aliphatic rings. The Labute approximate surface area is 85.2 Å². The number of esters is 1. The van der Waals surface area contributed by atoms with Gasteiger partial charge in [0.1, 0.15) is 6.54 Å². The van der Waals surface area contributed by atoms with Crippen molar-refractivity contribution in [3.8, 4) is 0 Å². The first-order valence-electron chi connectivity index (χ1n) is 4.92. The predicted molar refractivity (Wildman–Crippen MR) is 53.7 cm³/mol. The number of rotatable bonds is 5. The van der Waals surface area contributed by atoms with Crippen LogP contribution in [0.4, 0.5) is 0 Å². The molecule has 0 fully saturated rings. The number of amides is 1. The zero-order valence-corrected chi connectivity index (χ0v) is 9.37. The van der Waals surface area contributed by atoms with Crippen LogP contribution in [0.25, 0.3) is 0 Å². The van der Waals surface area contributed by atoms with E-state index in [0.29, 0.717) is 6.54 Å². The van der Waals surface area contributed by atoms with Gasteiger partial charge in [-0.15, -0.1) is 0 Å². The average molecular weight is 201 g/mol. The number of carbonyl (C=O) groups excluding carboxylic acids is 2. The Morgan fingerprint density at radius 2 is 1.93 bits per heavy atom. The normalized spacial score (nSPS) is 12.0. The van der Waals surface area contributed by atoms with E-state index in [1.807, 2.05) is 20.8 Å². The number of nitrogens with zero attached hydrogens (tertiary/aromatic N) is 1. The van der Waals surface area contributed by atoms with Crippen LogP contribution < -0.4 is 0 Å². The third-order valence-electron chi connectivity index (χ3n) is 2.27. The summed E-state index contributed by atoms with van der Waals surface area (Å²) in [4.78, 5) is 24.2. The summed E-state index contributed by atoms with van der Waals surface area (Å²) in [6, 6.07) is 0. The molecule has 82 valence electrons. The van der Waals surface area contributed by atoms with Gasteiger partial charge in [-0.25, -0.2) is 0 Å². The van der Waals surface area contributed by atoms with E-state index < -0.39 is 0 Å². The van der Waals surface area contributed by atoms with Crippen molar-refractivity contribution in [1.82, 2.24) is 4.90 Å². The van der Waals surface area contributed by atoms with Crippen molar-refractivity contribution >= 4 is 11.9 Å². The zero-order valence-electron chi connectivity index (χ0n) is 9.37. The SMILES string of the molecule is CCC(C)C(=O)N(CC)CC(=O)OC. The van der Waals surface area contributed by atoms with Crippen LogP contribution in [-0.2, 0) is 14.3 Å². The van der Waals surface area contributed by atoms with Gasteiger partial charge in [0.2, 0.25) is 5.91 Å². The van der Waals surface area contributed by atoms with E-state index in [2.05, 4.69) is 4.74 Å². The van der Waals surface area contributed by atoms with Crippen LogP contribution in [0.1, 0.15) is 27.2 Å². The molecule has 0 rings (SSSR count). The minimum absolute atomic E-state index is 0.0143. The summed E-state index contributed by atoms with van der Waals surface area (Å²) in [5.41, 5.74) is 0. The molecule has 1 amide bonds. The van der Waals surface area contributed by atoms with E-state index in [1.54, 1.807) is 0 Å². The maximum Gasteiger partial charge on any atom is 0.325 e. The summed E-state index contributed by atoms with van der Waals surface area (Å²) in [6.07, 6.45) is 0.788. The lowest BCUT2D eigenvalue weighted by Crippen LogP contribution is -2.39. The van der Waals surface area contributed by atoms with Gasteiger partial charge in [0.15, 0.2) is 0 Å². The summed E-state index contributed by atoms with van der Waals surface area (Å²) in [5, 5.41) is 0. The monoisotopic (exact) mass is 201 g/mol. The van der Waals surface area contributed by atoms with Gasteiger partial charge in [-0.1, -0.05) is 13.8 Å². The lowest BCUT2D eigenvalue weighted by molar-refractivity contribution is -0.148. The van der Waals surface area contributed by atoms with E-state index in [0.717, 1.165) is 6.42 Å². The van der Waals surface area contributed by atoms with E-state index in [1.165, 1.54) is 12.0 Å². The molecule has 0 spiro atoms. The summed E-state index contributed by atoms with van der Waals surface area (Å²) in [7, 11) is 1.32. The van der Waals surface area contributed by atoms with Crippen LogP contribution in [0.2, 0.25) is 0 Å². The van der Waals surface area contributed by atoms with Crippen LogP contribution in [0, 0.1) is 5.92 Å². The van der Waals surface area contributed by atoms with Crippen molar-refractivity contribution in [2.75, 3.05) is 20.2 Å². The molecule has 0 saturated carbocycles. The minimum atomic E-state index is -0.372. The molecule has 0 aromatic carbocycles. The fraction of sp³-hybridized carbons (Fsp3) is 0.800. The molecule has 0 aromatic heterocycles. The second kappa shape index (κ2) is 6.40. The summed E-state index contributed by atoms with van der Waals surface area (Å²) in [5.74, 6) is -0.386. The van der Waals surface area contributed by atoms with Crippen molar-refractivity contribution in [3.63, 3.8) is 0 Å². The van der Waals surface area contributed by atoms with Crippen molar-refractivity contribution in [2.45, 2.75) is 27.2 Å². The van der Waals surface area contributed by atoms with Crippen LogP contribution >= 0.6 is 0 Å². The molecule has 1 unspecified atom stereocenters. The Balaban J connectivity index is 4.26. The Kier molecular flexibility index (Phi) is 5.92. The maximum atomic E-state index is 11.7. The third kappa shape index (κ3) is 3.77. The highest BCUT2D eigenvalue weighted by molar-refractivity contribution is 5.83. The second-order valence-electron chi connectivity index (χ2n) is 3.24. The van der Waals surface area contributed by atoms with Crippen LogP contribution in [0.5, 0.6) is 0 Å². The van der Waals surface area contributed by atoms with E-state index in [9.17, 15) is 9.59 Å². The molecule has 0 saturated heterocycles. The first kappa shape index (κ1) is 12.9. The number of hydrogen-bond donors (Lipinski definition) is 0. The lowest BCUT2D eigenvalue weighted by Gasteiger charge is -2.22. The third-order valence-corrected chi connectivity index (χ3v) is 2.27. The van der Waals surface area contributed by atoms with Crippen molar-refractivity contribution in [3.05, 3.63) is 0 Å². The minimum Gasteiger partial charge on any atom is -0.468 e. The molecule has 0 N–H and O–H groups in total. The van der Waals surface area contributed by atoms with Crippen molar-refractivity contribution in [2.24, 2.45) is 5.92 Å². The van der Waals surface area contributed by atoms with Gasteiger partial charge in [-0.3, -0.25) is 9.59 Å². The molecular weight excluding hydrogens is 182 g/mol. The van der Waals surface area contributed by atoms with Crippen LogP contribution in [-0.4, -0.2) is 37.0 Å². The number of methoxy groups -OCH3 is 1. The van der Waals surface area contributed by atoms with Gasteiger partial charge in [0, 0.05) is 12.5 Å². The maximum absolute atomic E-state index is 11.7. The van der Waals surface area contributed by atoms with Gasteiger partial charge in [-0.05, 0) is 13.3 Å². The van der Waals surface area contributed by atoms with Gasteiger partial charge in [-0.2, -0.15) is 0 Å².